The molecule has 1 aliphatic heterocycles. The second-order valence-corrected chi connectivity index (χ2v) is 4.54. The summed E-state index contributed by atoms with van der Waals surface area (Å²) in [4.78, 5) is 27.0. The van der Waals surface area contributed by atoms with E-state index < -0.39 is 0 Å². The normalized spacial score (nSPS) is 15.1. The lowest BCUT2D eigenvalue weighted by Gasteiger charge is -2.33. The number of amides is 2. The first-order chi connectivity index (χ1) is 9.61. The van der Waals surface area contributed by atoms with Crippen LogP contribution in [0.25, 0.3) is 0 Å². The fourth-order valence-electron chi connectivity index (χ4n) is 1.98. The monoisotopic (exact) mass is 278 g/mol. The van der Waals surface area contributed by atoms with E-state index in [0.717, 1.165) is 5.69 Å². The fraction of sp³-hybridized carbons (Fsp3) is 0.538. The summed E-state index contributed by atoms with van der Waals surface area (Å²) >= 11 is 0. The molecule has 2 heterocycles. The van der Waals surface area contributed by atoms with Gasteiger partial charge in [0.1, 0.15) is 0 Å². The Morgan fingerprint density at radius 1 is 1.15 bits per heavy atom. The van der Waals surface area contributed by atoms with Crippen LogP contribution in [-0.2, 0) is 4.74 Å². The molecule has 2 amide bonds. The highest BCUT2D eigenvalue weighted by molar-refractivity contribution is 5.92. The Balaban J connectivity index is 1.92. The third-order valence-electron chi connectivity index (χ3n) is 3.11. The maximum atomic E-state index is 12.2. The molecule has 1 aromatic heterocycles. The van der Waals surface area contributed by atoms with Crippen LogP contribution in [0.3, 0.4) is 0 Å². The quantitative estimate of drug-likeness (QED) is 0.796. The Hall–Kier alpha value is -2.18. The van der Waals surface area contributed by atoms with Crippen LogP contribution in [0, 0.1) is 6.92 Å². The highest BCUT2D eigenvalue weighted by Crippen LogP contribution is 2.08. The van der Waals surface area contributed by atoms with Gasteiger partial charge in [-0.2, -0.15) is 5.10 Å². The summed E-state index contributed by atoms with van der Waals surface area (Å²) in [6, 6.07) is 3.43. The van der Waals surface area contributed by atoms with Crippen LogP contribution >= 0.6 is 0 Å². The van der Waals surface area contributed by atoms with E-state index in [9.17, 15) is 9.59 Å². The minimum Gasteiger partial charge on any atom is -0.450 e. The molecule has 2 rings (SSSR count). The third-order valence-corrected chi connectivity index (χ3v) is 3.11. The van der Waals surface area contributed by atoms with E-state index in [1.807, 2.05) is 6.92 Å². The zero-order valence-electron chi connectivity index (χ0n) is 11.7. The lowest BCUT2D eigenvalue weighted by Crippen LogP contribution is -2.50. The molecule has 0 aromatic carbocycles. The average molecular weight is 278 g/mol. The molecule has 1 saturated heterocycles. The smallest absolute Gasteiger partial charge is 0.409 e. The molecule has 0 saturated carbocycles. The summed E-state index contributed by atoms with van der Waals surface area (Å²) in [6.07, 6.45) is -0.324. The van der Waals surface area contributed by atoms with Gasteiger partial charge in [0.25, 0.3) is 5.91 Å². The largest absolute Gasteiger partial charge is 0.450 e. The van der Waals surface area contributed by atoms with E-state index in [2.05, 4.69) is 10.2 Å². The van der Waals surface area contributed by atoms with Crippen LogP contribution in [-0.4, -0.2) is 64.8 Å². The molecule has 1 aliphatic rings. The van der Waals surface area contributed by atoms with Crippen molar-refractivity contribution in [2.75, 3.05) is 32.8 Å². The van der Waals surface area contributed by atoms with Crippen LogP contribution in [0.1, 0.15) is 23.1 Å². The van der Waals surface area contributed by atoms with Crippen LogP contribution in [0.5, 0.6) is 0 Å². The number of carbonyl (C=O) groups is 2. The molecule has 1 fully saturated rings. The van der Waals surface area contributed by atoms with Gasteiger partial charge in [0, 0.05) is 26.2 Å². The summed E-state index contributed by atoms with van der Waals surface area (Å²) in [5.41, 5.74) is 1.11. The third kappa shape index (κ3) is 3.23. The molecule has 7 heteroatoms. The second kappa shape index (κ2) is 6.31. The minimum atomic E-state index is -0.324. The number of hydrogen-bond acceptors (Lipinski definition) is 5. The van der Waals surface area contributed by atoms with Crippen molar-refractivity contribution in [2.24, 2.45) is 0 Å². The van der Waals surface area contributed by atoms with Gasteiger partial charge in [-0.05, 0) is 26.0 Å². The molecule has 1 aromatic rings. The molecular weight excluding hydrogens is 260 g/mol. The molecule has 108 valence electrons. The first-order valence-corrected chi connectivity index (χ1v) is 6.63. The van der Waals surface area contributed by atoms with Gasteiger partial charge >= 0.3 is 6.09 Å². The standard InChI is InChI=1S/C13H18N4O3/c1-3-20-13(19)17-8-6-16(7-9-17)12(18)11-5-4-10(2)14-15-11/h4-5H,3,6-9H2,1-2H3. The van der Waals surface area contributed by atoms with Crippen molar-refractivity contribution in [3.05, 3.63) is 23.5 Å². The number of aryl methyl sites for hydroxylation is 1. The number of hydrogen-bond donors (Lipinski definition) is 0. The fourth-order valence-corrected chi connectivity index (χ4v) is 1.98. The number of rotatable bonds is 2. The van der Waals surface area contributed by atoms with Crippen LogP contribution in [0.4, 0.5) is 4.79 Å². The summed E-state index contributed by atoms with van der Waals surface area (Å²) in [7, 11) is 0. The molecule has 0 aliphatic carbocycles. The predicted molar refractivity (Wildman–Crippen MR) is 71.3 cm³/mol. The maximum Gasteiger partial charge on any atom is 0.409 e. The molecule has 7 nitrogen and oxygen atoms in total. The van der Waals surface area contributed by atoms with E-state index >= 15 is 0 Å². The van der Waals surface area contributed by atoms with Crippen molar-refractivity contribution in [2.45, 2.75) is 13.8 Å². The zero-order valence-corrected chi connectivity index (χ0v) is 11.7. The summed E-state index contributed by atoms with van der Waals surface area (Å²) in [6.45, 7) is 5.86. The molecule has 20 heavy (non-hydrogen) atoms. The van der Waals surface area contributed by atoms with Gasteiger partial charge in [-0.3, -0.25) is 4.79 Å². The first kappa shape index (κ1) is 14.2. The van der Waals surface area contributed by atoms with E-state index in [1.165, 1.54) is 0 Å². The summed E-state index contributed by atoms with van der Waals surface area (Å²) < 4.78 is 4.94. The van der Waals surface area contributed by atoms with Gasteiger partial charge in [0.05, 0.1) is 12.3 Å². The van der Waals surface area contributed by atoms with Crippen molar-refractivity contribution in [1.82, 2.24) is 20.0 Å². The number of ether oxygens (including phenoxy) is 1. The van der Waals surface area contributed by atoms with E-state index in [-0.39, 0.29) is 12.0 Å². The molecule has 0 unspecified atom stereocenters. The first-order valence-electron chi connectivity index (χ1n) is 6.63. The van der Waals surface area contributed by atoms with Gasteiger partial charge in [-0.1, -0.05) is 0 Å². The van der Waals surface area contributed by atoms with Crippen molar-refractivity contribution in [3.8, 4) is 0 Å². The van der Waals surface area contributed by atoms with Crippen LogP contribution in [0.2, 0.25) is 0 Å². The molecule has 0 bridgehead atoms. The van der Waals surface area contributed by atoms with Crippen LogP contribution in [0.15, 0.2) is 12.1 Å². The van der Waals surface area contributed by atoms with Gasteiger partial charge in [0.2, 0.25) is 0 Å². The van der Waals surface area contributed by atoms with E-state index in [1.54, 1.807) is 28.9 Å². The molecule has 0 N–H and O–H groups in total. The molecule has 0 spiro atoms. The predicted octanol–water partition coefficient (Wildman–Crippen LogP) is 0.699. The SMILES string of the molecule is CCOC(=O)N1CCN(C(=O)c2ccc(C)nn2)CC1. The van der Waals surface area contributed by atoms with Gasteiger partial charge in [-0.25, -0.2) is 4.79 Å². The number of carbonyl (C=O) groups excluding carboxylic acids is 2. The molecular formula is C13H18N4O3. The van der Waals surface area contributed by atoms with Crippen molar-refractivity contribution in [3.63, 3.8) is 0 Å². The lowest BCUT2D eigenvalue weighted by molar-refractivity contribution is 0.0565. The second-order valence-electron chi connectivity index (χ2n) is 4.54. The topological polar surface area (TPSA) is 75.6 Å². The summed E-state index contributed by atoms with van der Waals surface area (Å²) in [5.74, 6) is -0.152. The Labute approximate surface area is 117 Å². The highest BCUT2D eigenvalue weighted by Gasteiger charge is 2.26. The number of nitrogens with zero attached hydrogens (tertiary/aromatic N) is 4. The summed E-state index contributed by atoms with van der Waals surface area (Å²) in [5, 5.41) is 7.77. The van der Waals surface area contributed by atoms with Crippen molar-refractivity contribution >= 4 is 12.0 Å². The highest BCUT2D eigenvalue weighted by atomic mass is 16.6. The maximum absolute atomic E-state index is 12.2. The van der Waals surface area contributed by atoms with Gasteiger partial charge in [-0.15, -0.1) is 5.10 Å². The van der Waals surface area contributed by atoms with E-state index in [0.29, 0.717) is 38.5 Å². The van der Waals surface area contributed by atoms with Crippen LogP contribution < -0.4 is 0 Å². The Morgan fingerprint density at radius 2 is 1.80 bits per heavy atom. The minimum absolute atomic E-state index is 0.152. The Morgan fingerprint density at radius 3 is 2.35 bits per heavy atom. The van der Waals surface area contributed by atoms with E-state index in [4.69, 9.17) is 4.74 Å². The Kier molecular flexibility index (Phi) is 4.49. The number of piperazine rings is 1. The molecule has 0 atom stereocenters. The van der Waals surface area contributed by atoms with Gasteiger partial charge < -0.3 is 14.5 Å². The molecule has 0 radical (unpaired) electrons. The van der Waals surface area contributed by atoms with Crippen molar-refractivity contribution in [1.29, 1.82) is 0 Å². The van der Waals surface area contributed by atoms with Gasteiger partial charge in [0.15, 0.2) is 5.69 Å². The number of aromatic nitrogens is 2. The van der Waals surface area contributed by atoms with Crippen molar-refractivity contribution < 1.29 is 14.3 Å². The zero-order chi connectivity index (χ0) is 14.5. The lowest BCUT2D eigenvalue weighted by atomic mass is 10.2. The average Bonchev–Trinajstić information content (AvgIpc) is 2.48. The Bertz CT molecular complexity index is 481.